The molecule has 1 aromatic carbocycles. The quantitative estimate of drug-likeness (QED) is 0.743. The minimum atomic E-state index is -4.48. The lowest BCUT2D eigenvalue weighted by molar-refractivity contribution is -0.137. The third-order valence-electron chi connectivity index (χ3n) is 4.02. The van der Waals surface area contributed by atoms with Gasteiger partial charge in [-0.2, -0.15) is 13.2 Å². The number of carbonyl (C=O) groups is 1. The molecule has 1 aliphatic heterocycles. The van der Waals surface area contributed by atoms with E-state index in [0.29, 0.717) is 18.7 Å². The van der Waals surface area contributed by atoms with E-state index in [4.69, 9.17) is 9.47 Å². The molecule has 2 aromatic rings. The zero-order valence-electron chi connectivity index (χ0n) is 14.1. The third kappa shape index (κ3) is 5.08. The number of ether oxygens (including phenoxy) is 2. The molecular formula is C18H16F4N2O3. The van der Waals surface area contributed by atoms with E-state index in [1.54, 1.807) is 0 Å². The average molecular weight is 384 g/mol. The van der Waals surface area contributed by atoms with Crippen LogP contribution in [0.25, 0.3) is 0 Å². The van der Waals surface area contributed by atoms with Gasteiger partial charge in [0, 0.05) is 25.2 Å². The van der Waals surface area contributed by atoms with Gasteiger partial charge in [-0.3, -0.25) is 4.79 Å². The normalized spacial score (nSPS) is 17.0. The number of halogens is 4. The molecule has 144 valence electrons. The van der Waals surface area contributed by atoms with Crippen LogP contribution in [0.2, 0.25) is 0 Å². The summed E-state index contributed by atoms with van der Waals surface area (Å²) in [5.74, 6) is -0.463. The standard InChI is InChI=1S/C18H16F4N2O3/c19-13-1-3-14(4-2-13)26-11-17(25)24-8-6-15(10-24)27-16-9-12(5-7-23-16)18(20,21)22/h1-5,7,9,15H,6,8,10-11H2. The van der Waals surface area contributed by atoms with Gasteiger partial charge in [-0.1, -0.05) is 0 Å². The molecule has 0 N–H and O–H groups in total. The van der Waals surface area contributed by atoms with Gasteiger partial charge in [-0.05, 0) is 30.3 Å². The van der Waals surface area contributed by atoms with Crippen molar-refractivity contribution in [3.63, 3.8) is 0 Å². The highest BCUT2D eigenvalue weighted by molar-refractivity contribution is 5.78. The number of pyridine rings is 1. The first-order valence-corrected chi connectivity index (χ1v) is 8.17. The molecule has 1 aliphatic rings. The molecule has 0 radical (unpaired) electrons. The van der Waals surface area contributed by atoms with Gasteiger partial charge in [-0.25, -0.2) is 9.37 Å². The van der Waals surface area contributed by atoms with Crippen molar-refractivity contribution in [3.05, 3.63) is 54.0 Å². The number of hydrogen-bond donors (Lipinski definition) is 0. The Labute approximate surface area is 152 Å². The first-order valence-electron chi connectivity index (χ1n) is 8.17. The molecule has 5 nitrogen and oxygen atoms in total. The van der Waals surface area contributed by atoms with E-state index >= 15 is 0 Å². The number of alkyl halides is 3. The molecule has 0 bridgehead atoms. The lowest BCUT2D eigenvalue weighted by atomic mass is 10.2. The van der Waals surface area contributed by atoms with Crippen molar-refractivity contribution in [1.29, 1.82) is 0 Å². The maximum Gasteiger partial charge on any atom is 0.416 e. The summed E-state index contributed by atoms with van der Waals surface area (Å²) < 4.78 is 61.8. The third-order valence-corrected chi connectivity index (χ3v) is 4.02. The van der Waals surface area contributed by atoms with Crippen molar-refractivity contribution in [2.24, 2.45) is 0 Å². The number of likely N-dealkylation sites (tertiary alicyclic amines) is 1. The van der Waals surface area contributed by atoms with Crippen LogP contribution >= 0.6 is 0 Å². The second-order valence-electron chi connectivity index (χ2n) is 5.99. The highest BCUT2D eigenvalue weighted by Gasteiger charge is 2.32. The number of nitrogens with zero attached hydrogens (tertiary/aromatic N) is 2. The fourth-order valence-electron chi connectivity index (χ4n) is 2.64. The van der Waals surface area contributed by atoms with Crippen LogP contribution in [-0.2, 0) is 11.0 Å². The SMILES string of the molecule is O=C(COc1ccc(F)cc1)N1CCC(Oc2cc(C(F)(F)F)ccn2)C1. The molecule has 3 rings (SSSR count). The molecule has 0 aliphatic carbocycles. The second kappa shape index (κ2) is 7.81. The lowest BCUT2D eigenvalue weighted by Gasteiger charge is -2.17. The molecule has 1 fully saturated rings. The van der Waals surface area contributed by atoms with Crippen LogP contribution in [0.1, 0.15) is 12.0 Å². The fourth-order valence-corrected chi connectivity index (χ4v) is 2.64. The highest BCUT2D eigenvalue weighted by Crippen LogP contribution is 2.31. The molecular weight excluding hydrogens is 368 g/mol. The molecule has 9 heteroatoms. The molecule has 27 heavy (non-hydrogen) atoms. The smallest absolute Gasteiger partial charge is 0.416 e. The van der Waals surface area contributed by atoms with Gasteiger partial charge in [0.1, 0.15) is 17.7 Å². The van der Waals surface area contributed by atoms with Crippen molar-refractivity contribution >= 4 is 5.91 Å². The minimum Gasteiger partial charge on any atom is -0.484 e. The summed E-state index contributed by atoms with van der Waals surface area (Å²) in [6, 6.07) is 6.98. The summed E-state index contributed by atoms with van der Waals surface area (Å²) in [7, 11) is 0. The number of aromatic nitrogens is 1. The van der Waals surface area contributed by atoms with Gasteiger partial charge in [0.25, 0.3) is 5.91 Å². The zero-order chi connectivity index (χ0) is 19.4. The molecule has 1 atom stereocenters. The van der Waals surface area contributed by atoms with Gasteiger partial charge in [0.2, 0.25) is 5.88 Å². The predicted molar refractivity (Wildman–Crippen MR) is 86.7 cm³/mol. The predicted octanol–water partition coefficient (Wildman–Crippen LogP) is 3.30. The van der Waals surface area contributed by atoms with E-state index in [0.717, 1.165) is 18.3 Å². The van der Waals surface area contributed by atoms with E-state index in [-0.39, 0.29) is 24.9 Å². The summed E-state index contributed by atoms with van der Waals surface area (Å²) in [6.07, 6.45) is -3.42. The van der Waals surface area contributed by atoms with Crippen LogP contribution in [0.15, 0.2) is 42.6 Å². The fraction of sp³-hybridized carbons (Fsp3) is 0.333. The Bertz CT molecular complexity index is 796. The topological polar surface area (TPSA) is 51.7 Å². The van der Waals surface area contributed by atoms with Crippen LogP contribution in [0.5, 0.6) is 11.6 Å². The van der Waals surface area contributed by atoms with E-state index in [9.17, 15) is 22.4 Å². The van der Waals surface area contributed by atoms with E-state index in [1.165, 1.54) is 29.2 Å². The Hall–Kier alpha value is -2.84. The molecule has 0 saturated carbocycles. The Morgan fingerprint density at radius 3 is 2.67 bits per heavy atom. The Morgan fingerprint density at radius 2 is 1.96 bits per heavy atom. The average Bonchev–Trinajstić information content (AvgIpc) is 3.09. The monoisotopic (exact) mass is 384 g/mol. The van der Waals surface area contributed by atoms with Gasteiger partial charge in [0.15, 0.2) is 6.61 Å². The molecule has 1 amide bonds. The highest BCUT2D eigenvalue weighted by atomic mass is 19.4. The van der Waals surface area contributed by atoms with Crippen LogP contribution in [0.4, 0.5) is 17.6 Å². The summed E-state index contributed by atoms with van der Waals surface area (Å²) in [6.45, 7) is 0.402. The van der Waals surface area contributed by atoms with Crippen molar-refractivity contribution in [3.8, 4) is 11.6 Å². The zero-order valence-corrected chi connectivity index (χ0v) is 14.1. The summed E-state index contributed by atoms with van der Waals surface area (Å²) >= 11 is 0. The molecule has 2 heterocycles. The van der Waals surface area contributed by atoms with Crippen molar-refractivity contribution in [1.82, 2.24) is 9.88 Å². The Morgan fingerprint density at radius 1 is 1.22 bits per heavy atom. The number of rotatable bonds is 5. The summed E-state index contributed by atoms with van der Waals surface area (Å²) in [5.41, 5.74) is -0.842. The molecule has 1 unspecified atom stereocenters. The van der Waals surface area contributed by atoms with Crippen molar-refractivity contribution < 1.29 is 31.8 Å². The maximum absolute atomic E-state index is 12.8. The molecule has 1 aromatic heterocycles. The van der Waals surface area contributed by atoms with Crippen LogP contribution in [-0.4, -0.2) is 41.6 Å². The largest absolute Gasteiger partial charge is 0.484 e. The second-order valence-corrected chi connectivity index (χ2v) is 5.99. The minimum absolute atomic E-state index is 0.133. The Kier molecular flexibility index (Phi) is 5.48. The van der Waals surface area contributed by atoms with Crippen molar-refractivity contribution in [2.75, 3.05) is 19.7 Å². The first-order chi connectivity index (χ1) is 12.8. The van der Waals surface area contributed by atoms with Gasteiger partial charge < -0.3 is 14.4 Å². The first kappa shape index (κ1) is 18.9. The van der Waals surface area contributed by atoms with Crippen LogP contribution < -0.4 is 9.47 Å². The number of amides is 1. The van der Waals surface area contributed by atoms with E-state index in [1.807, 2.05) is 0 Å². The number of benzene rings is 1. The van der Waals surface area contributed by atoms with E-state index in [2.05, 4.69) is 4.98 Å². The lowest BCUT2D eigenvalue weighted by Crippen LogP contribution is -2.34. The number of carbonyl (C=O) groups excluding carboxylic acids is 1. The Balaban J connectivity index is 1.51. The number of hydrogen-bond acceptors (Lipinski definition) is 4. The maximum atomic E-state index is 12.8. The summed E-state index contributed by atoms with van der Waals surface area (Å²) in [5, 5.41) is 0. The molecule has 1 saturated heterocycles. The van der Waals surface area contributed by atoms with Gasteiger partial charge >= 0.3 is 6.18 Å². The van der Waals surface area contributed by atoms with Gasteiger partial charge in [0.05, 0.1) is 12.1 Å². The summed E-state index contributed by atoms with van der Waals surface area (Å²) in [4.78, 5) is 17.5. The van der Waals surface area contributed by atoms with Crippen molar-refractivity contribution in [2.45, 2.75) is 18.7 Å². The van der Waals surface area contributed by atoms with Crippen LogP contribution in [0.3, 0.4) is 0 Å². The van der Waals surface area contributed by atoms with E-state index < -0.39 is 23.7 Å². The van der Waals surface area contributed by atoms with Gasteiger partial charge in [-0.15, -0.1) is 0 Å². The molecule has 0 spiro atoms. The van der Waals surface area contributed by atoms with Crippen LogP contribution in [0, 0.1) is 5.82 Å².